The van der Waals surface area contributed by atoms with Crippen LogP contribution in [0.5, 0.6) is 0 Å². The third-order valence-electron chi connectivity index (χ3n) is 2.74. The first kappa shape index (κ1) is 12.6. The molecule has 1 aromatic heterocycles. The number of nitrogens with one attached hydrogen (secondary N) is 1. The molecule has 2 rings (SSSR count). The van der Waals surface area contributed by atoms with Gasteiger partial charge in [-0.25, -0.2) is 0 Å². The van der Waals surface area contributed by atoms with E-state index in [0.717, 1.165) is 23.4 Å². The minimum absolute atomic E-state index is 0.230. The van der Waals surface area contributed by atoms with Crippen molar-refractivity contribution < 1.29 is 13.2 Å². The molecule has 3 nitrogen and oxygen atoms in total. The average molecular weight is 255 g/mol. The second kappa shape index (κ2) is 4.45. The Morgan fingerprint density at radius 1 is 1.33 bits per heavy atom. The smallest absolute Gasteiger partial charge is 0.326 e. The molecule has 6 heteroatoms. The number of nitrogens with two attached hydrogens (primary N) is 1. The Hall–Kier alpha value is -1.82. The Bertz CT molecular complexity index is 558. The zero-order valence-electron chi connectivity index (χ0n) is 9.67. The Labute approximate surface area is 102 Å². The van der Waals surface area contributed by atoms with Gasteiger partial charge in [0.25, 0.3) is 0 Å². The van der Waals surface area contributed by atoms with Gasteiger partial charge in [-0.2, -0.15) is 18.3 Å². The first-order valence-electron chi connectivity index (χ1n) is 5.35. The van der Waals surface area contributed by atoms with Crippen LogP contribution in [0.4, 0.5) is 13.2 Å². The topological polar surface area (TPSA) is 54.7 Å². The molecule has 0 spiro atoms. The molecule has 2 aromatic rings. The number of hydrogen-bond donors (Lipinski definition) is 2. The second-order valence-electron chi connectivity index (χ2n) is 3.96. The molecular formula is C12H12F3N3. The van der Waals surface area contributed by atoms with E-state index < -0.39 is 11.7 Å². The minimum Gasteiger partial charge on any atom is -0.326 e. The van der Waals surface area contributed by atoms with Crippen molar-refractivity contribution in [1.29, 1.82) is 0 Å². The van der Waals surface area contributed by atoms with E-state index in [4.69, 9.17) is 5.73 Å². The van der Waals surface area contributed by atoms with Crippen LogP contribution in [0, 0.1) is 6.92 Å². The number of aromatic amines is 1. The van der Waals surface area contributed by atoms with Gasteiger partial charge in [0.05, 0.1) is 11.3 Å². The van der Waals surface area contributed by atoms with Gasteiger partial charge in [0, 0.05) is 23.4 Å². The predicted octanol–water partition coefficient (Wildman–Crippen LogP) is 2.86. The van der Waals surface area contributed by atoms with Crippen molar-refractivity contribution in [2.45, 2.75) is 19.6 Å². The molecule has 0 bridgehead atoms. The van der Waals surface area contributed by atoms with E-state index in [1.54, 1.807) is 13.0 Å². The summed E-state index contributed by atoms with van der Waals surface area (Å²) in [5.41, 5.74) is 7.27. The molecule has 0 aliphatic carbocycles. The third kappa shape index (κ3) is 2.24. The SMILES string of the molecule is Cc1[nH]nc(-c2cccc(C(F)(F)F)c2)c1CN. The Kier molecular flexibility index (Phi) is 3.13. The van der Waals surface area contributed by atoms with Crippen LogP contribution in [0.25, 0.3) is 11.3 Å². The normalized spacial score (nSPS) is 11.8. The highest BCUT2D eigenvalue weighted by molar-refractivity contribution is 5.64. The van der Waals surface area contributed by atoms with Crippen LogP contribution in [0.2, 0.25) is 0 Å². The molecule has 1 aromatic carbocycles. The van der Waals surface area contributed by atoms with E-state index in [2.05, 4.69) is 10.2 Å². The Morgan fingerprint density at radius 3 is 2.67 bits per heavy atom. The van der Waals surface area contributed by atoms with E-state index >= 15 is 0 Å². The van der Waals surface area contributed by atoms with Crippen LogP contribution in [0.3, 0.4) is 0 Å². The molecule has 0 aliphatic heterocycles. The number of hydrogen-bond acceptors (Lipinski definition) is 2. The highest BCUT2D eigenvalue weighted by atomic mass is 19.4. The first-order chi connectivity index (χ1) is 8.43. The zero-order chi connectivity index (χ0) is 13.3. The van der Waals surface area contributed by atoms with E-state index in [-0.39, 0.29) is 6.54 Å². The van der Waals surface area contributed by atoms with Crippen LogP contribution in [-0.4, -0.2) is 10.2 Å². The molecule has 0 saturated carbocycles. The number of alkyl halides is 3. The molecule has 0 aliphatic rings. The summed E-state index contributed by atoms with van der Waals surface area (Å²) < 4.78 is 37.9. The molecule has 3 N–H and O–H groups in total. The van der Waals surface area contributed by atoms with Crippen LogP contribution in [-0.2, 0) is 12.7 Å². The lowest BCUT2D eigenvalue weighted by Gasteiger charge is -2.08. The van der Waals surface area contributed by atoms with Gasteiger partial charge in [-0.3, -0.25) is 5.10 Å². The quantitative estimate of drug-likeness (QED) is 0.866. The molecule has 18 heavy (non-hydrogen) atoms. The van der Waals surface area contributed by atoms with Crippen molar-refractivity contribution in [3.05, 3.63) is 41.1 Å². The minimum atomic E-state index is -4.36. The fourth-order valence-corrected chi connectivity index (χ4v) is 1.78. The molecule has 1 heterocycles. The van der Waals surface area contributed by atoms with Gasteiger partial charge in [0.1, 0.15) is 0 Å². The molecule has 0 radical (unpaired) electrons. The van der Waals surface area contributed by atoms with E-state index in [0.29, 0.717) is 11.3 Å². The molecule has 0 amide bonds. The van der Waals surface area contributed by atoms with Gasteiger partial charge in [0.15, 0.2) is 0 Å². The first-order valence-corrected chi connectivity index (χ1v) is 5.35. The summed E-state index contributed by atoms with van der Waals surface area (Å²) in [6.45, 7) is 2.01. The van der Waals surface area contributed by atoms with Crippen molar-refractivity contribution in [2.75, 3.05) is 0 Å². The maximum absolute atomic E-state index is 12.6. The van der Waals surface area contributed by atoms with Crippen LogP contribution in [0.1, 0.15) is 16.8 Å². The van der Waals surface area contributed by atoms with Crippen molar-refractivity contribution in [3.63, 3.8) is 0 Å². The molecule has 0 saturated heterocycles. The summed E-state index contributed by atoms with van der Waals surface area (Å²) in [5, 5.41) is 6.74. The summed E-state index contributed by atoms with van der Waals surface area (Å²) in [4.78, 5) is 0. The number of rotatable bonds is 2. The summed E-state index contributed by atoms with van der Waals surface area (Å²) in [5.74, 6) is 0. The number of nitrogens with zero attached hydrogens (tertiary/aromatic N) is 1. The molecular weight excluding hydrogens is 243 g/mol. The summed E-state index contributed by atoms with van der Waals surface area (Å²) >= 11 is 0. The lowest BCUT2D eigenvalue weighted by Crippen LogP contribution is -2.05. The van der Waals surface area contributed by atoms with Crippen molar-refractivity contribution in [2.24, 2.45) is 5.73 Å². The van der Waals surface area contributed by atoms with Gasteiger partial charge >= 0.3 is 6.18 Å². The highest BCUT2D eigenvalue weighted by Gasteiger charge is 2.30. The standard InChI is InChI=1S/C12H12F3N3/c1-7-10(6-16)11(18-17-7)8-3-2-4-9(5-8)12(13,14)15/h2-5H,6,16H2,1H3,(H,17,18). The van der Waals surface area contributed by atoms with Crippen LogP contribution < -0.4 is 5.73 Å². The number of benzene rings is 1. The number of H-pyrrole nitrogens is 1. The van der Waals surface area contributed by atoms with Crippen LogP contribution in [0.15, 0.2) is 24.3 Å². The maximum Gasteiger partial charge on any atom is 0.416 e. The fraction of sp³-hybridized carbons (Fsp3) is 0.250. The number of aromatic nitrogens is 2. The van der Waals surface area contributed by atoms with Gasteiger partial charge < -0.3 is 5.73 Å². The molecule has 0 atom stereocenters. The van der Waals surface area contributed by atoms with Crippen molar-refractivity contribution in [1.82, 2.24) is 10.2 Å². The van der Waals surface area contributed by atoms with Crippen molar-refractivity contribution >= 4 is 0 Å². The number of aryl methyl sites for hydroxylation is 1. The lowest BCUT2D eigenvalue weighted by atomic mass is 10.0. The Morgan fingerprint density at radius 2 is 2.06 bits per heavy atom. The van der Waals surface area contributed by atoms with E-state index in [9.17, 15) is 13.2 Å². The second-order valence-corrected chi connectivity index (χ2v) is 3.96. The van der Waals surface area contributed by atoms with E-state index in [1.807, 2.05) is 0 Å². The maximum atomic E-state index is 12.6. The average Bonchev–Trinajstić information content (AvgIpc) is 2.69. The van der Waals surface area contributed by atoms with E-state index in [1.165, 1.54) is 6.07 Å². The number of halogens is 3. The lowest BCUT2D eigenvalue weighted by molar-refractivity contribution is -0.137. The molecule has 0 fully saturated rings. The van der Waals surface area contributed by atoms with Gasteiger partial charge in [-0.05, 0) is 19.1 Å². The van der Waals surface area contributed by atoms with Gasteiger partial charge in [-0.15, -0.1) is 0 Å². The van der Waals surface area contributed by atoms with Crippen LogP contribution >= 0.6 is 0 Å². The molecule has 96 valence electrons. The molecule has 0 unspecified atom stereocenters. The monoisotopic (exact) mass is 255 g/mol. The predicted molar refractivity (Wildman–Crippen MR) is 61.7 cm³/mol. The summed E-state index contributed by atoms with van der Waals surface area (Å²) in [6, 6.07) is 5.06. The fourth-order valence-electron chi connectivity index (χ4n) is 1.78. The highest BCUT2D eigenvalue weighted by Crippen LogP contribution is 2.32. The third-order valence-corrected chi connectivity index (χ3v) is 2.74. The summed E-state index contributed by atoms with van der Waals surface area (Å²) in [7, 11) is 0. The Balaban J connectivity index is 2.51. The van der Waals surface area contributed by atoms with Gasteiger partial charge in [-0.1, -0.05) is 12.1 Å². The zero-order valence-corrected chi connectivity index (χ0v) is 9.67. The summed E-state index contributed by atoms with van der Waals surface area (Å²) in [6.07, 6.45) is -4.36. The largest absolute Gasteiger partial charge is 0.416 e. The van der Waals surface area contributed by atoms with Crippen molar-refractivity contribution in [3.8, 4) is 11.3 Å². The van der Waals surface area contributed by atoms with Gasteiger partial charge in [0.2, 0.25) is 0 Å².